The molecule has 0 aromatic heterocycles. The van der Waals surface area contributed by atoms with Gasteiger partial charge in [-0.1, -0.05) is 0 Å². The molecule has 0 aromatic carbocycles. The maximum atomic E-state index is 11.8. The molecule has 2 N–H and O–H groups in total. The number of hydrogen-bond acceptors (Lipinski definition) is 5. The molecule has 16 heavy (non-hydrogen) atoms. The van der Waals surface area contributed by atoms with Crippen molar-refractivity contribution in [1.29, 1.82) is 0 Å². The number of esters is 1. The van der Waals surface area contributed by atoms with Crippen molar-refractivity contribution in [3.05, 3.63) is 0 Å². The van der Waals surface area contributed by atoms with E-state index in [2.05, 4.69) is 0 Å². The van der Waals surface area contributed by atoms with Gasteiger partial charge in [0.05, 0.1) is 19.8 Å². The Morgan fingerprint density at radius 3 is 2.62 bits per heavy atom. The summed E-state index contributed by atoms with van der Waals surface area (Å²) in [5.74, 6) is -1.50. The maximum Gasteiger partial charge on any atom is 0.314 e. The smallest absolute Gasteiger partial charge is 0.314 e. The predicted molar refractivity (Wildman–Crippen MR) is 58.7 cm³/mol. The van der Waals surface area contributed by atoms with Crippen LogP contribution in [-0.4, -0.2) is 38.1 Å². The van der Waals surface area contributed by atoms with Crippen LogP contribution in [0.25, 0.3) is 0 Å². The molecule has 0 aromatic rings. The molecule has 94 valence electrons. The minimum absolute atomic E-state index is 0.264. The highest BCUT2D eigenvalue weighted by molar-refractivity contribution is 5.73. The molecule has 0 radical (unpaired) electrons. The largest absolute Gasteiger partial charge is 0.466 e. The minimum atomic E-state index is -0.846. The van der Waals surface area contributed by atoms with Crippen LogP contribution in [0.15, 0.2) is 0 Å². The highest BCUT2D eigenvalue weighted by Crippen LogP contribution is 2.31. The highest BCUT2D eigenvalue weighted by atomic mass is 16.7. The van der Waals surface area contributed by atoms with E-state index in [4.69, 9.17) is 19.9 Å². The molecule has 0 aliphatic carbocycles. The Morgan fingerprint density at radius 2 is 2.12 bits per heavy atom. The zero-order valence-corrected chi connectivity index (χ0v) is 10.0. The van der Waals surface area contributed by atoms with Gasteiger partial charge >= 0.3 is 5.97 Å². The lowest BCUT2D eigenvalue weighted by molar-refractivity contribution is -0.201. The van der Waals surface area contributed by atoms with E-state index in [1.165, 1.54) is 0 Å². The summed E-state index contributed by atoms with van der Waals surface area (Å²) in [5, 5.41) is 0. The van der Waals surface area contributed by atoms with Crippen molar-refractivity contribution < 1.29 is 19.0 Å². The molecular weight excluding hydrogens is 210 g/mol. The van der Waals surface area contributed by atoms with Crippen molar-refractivity contribution in [1.82, 2.24) is 0 Å². The minimum Gasteiger partial charge on any atom is -0.466 e. The highest BCUT2D eigenvalue weighted by Gasteiger charge is 2.44. The second kappa shape index (κ2) is 6.18. The monoisotopic (exact) mass is 231 g/mol. The molecule has 1 aliphatic heterocycles. The van der Waals surface area contributed by atoms with Gasteiger partial charge in [-0.15, -0.1) is 0 Å². The third kappa shape index (κ3) is 3.17. The molecule has 5 nitrogen and oxygen atoms in total. The van der Waals surface area contributed by atoms with Crippen molar-refractivity contribution in [2.24, 2.45) is 11.7 Å². The lowest BCUT2D eigenvalue weighted by atomic mass is 9.94. The Labute approximate surface area is 96.2 Å². The van der Waals surface area contributed by atoms with Crippen LogP contribution in [0.3, 0.4) is 0 Å². The molecule has 1 saturated heterocycles. The molecule has 1 heterocycles. The van der Waals surface area contributed by atoms with Gasteiger partial charge in [-0.3, -0.25) is 4.79 Å². The summed E-state index contributed by atoms with van der Waals surface area (Å²) >= 11 is 0. The molecule has 1 unspecified atom stereocenters. The van der Waals surface area contributed by atoms with E-state index in [0.717, 1.165) is 6.42 Å². The first-order chi connectivity index (χ1) is 7.64. The lowest BCUT2D eigenvalue weighted by Crippen LogP contribution is -2.42. The second-order valence-corrected chi connectivity index (χ2v) is 3.95. The fourth-order valence-corrected chi connectivity index (χ4v) is 1.89. The van der Waals surface area contributed by atoms with E-state index in [-0.39, 0.29) is 5.97 Å². The number of carbonyl (C=O) groups is 1. The third-order valence-corrected chi connectivity index (χ3v) is 2.76. The summed E-state index contributed by atoms with van der Waals surface area (Å²) in [4.78, 5) is 11.8. The SMILES string of the molecule is CCOC(=O)C(CCCN)C1(C)OCCO1. The zero-order chi connectivity index (χ0) is 12.0. The molecule has 1 fully saturated rings. The average molecular weight is 231 g/mol. The zero-order valence-electron chi connectivity index (χ0n) is 10.0. The number of hydrogen-bond donors (Lipinski definition) is 1. The molecule has 1 aliphatic rings. The van der Waals surface area contributed by atoms with E-state index in [1.54, 1.807) is 13.8 Å². The molecule has 0 saturated carbocycles. The van der Waals surface area contributed by atoms with E-state index in [1.807, 2.05) is 0 Å². The number of ether oxygens (including phenoxy) is 3. The summed E-state index contributed by atoms with van der Waals surface area (Å²) < 4.78 is 16.0. The van der Waals surface area contributed by atoms with Gasteiger partial charge in [0.1, 0.15) is 5.92 Å². The van der Waals surface area contributed by atoms with Gasteiger partial charge in [0, 0.05) is 0 Å². The number of rotatable bonds is 6. The lowest BCUT2D eigenvalue weighted by Gasteiger charge is -2.30. The van der Waals surface area contributed by atoms with Gasteiger partial charge in [-0.05, 0) is 33.2 Å². The maximum absolute atomic E-state index is 11.8. The van der Waals surface area contributed by atoms with E-state index < -0.39 is 11.7 Å². The number of nitrogens with two attached hydrogens (primary N) is 1. The van der Waals surface area contributed by atoms with Crippen molar-refractivity contribution in [2.75, 3.05) is 26.4 Å². The van der Waals surface area contributed by atoms with E-state index in [9.17, 15) is 4.79 Å². The molecule has 0 bridgehead atoms. The molecule has 1 atom stereocenters. The summed E-state index contributed by atoms with van der Waals surface area (Å²) in [5.41, 5.74) is 5.46. The molecule has 1 rings (SSSR count). The van der Waals surface area contributed by atoms with Gasteiger partial charge < -0.3 is 19.9 Å². The standard InChI is InChI=1S/C11H21NO4/c1-3-14-10(13)9(5-4-6-12)11(2)15-7-8-16-11/h9H,3-8,12H2,1-2H3. The Kier molecular flexibility index (Phi) is 5.18. The Morgan fingerprint density at radius 1 is 1.50 bits per heavy atom. The van der Waals surface area contributed by atoms with Gasteiger partial charge in [0.25, 0.3) is 0 Å². The second-order valence-electron chi connectivity index (χ2n) is 3.95. The van der Waals surface area contributed by atoms with Crippen molar-refractivity contribution in [3.8, 4) is 0 Å². The van der Waals surface area contributed by atoms with Crippen LogP contribution >= 0.6 is 0 Å². The Hall–Kier alpha value is -0.650. The van der Waals surface area contributed by atoms with Crippen LogP contribution in [0.1, 0.15) is 26.7 Å². The molecule has 0 amide bonds. The van der Waals surface area contributed by atoms with Gasteiger partial charge in [-0.2, -0.15) is 0 Å². The topological polar surface area (TPSA) is 70.8 Å². The fourth-order valence-electron chi connectivity index (χ4n) is 1.89. The van der Waals surface area contributed by atoms with Gasteiger partial charge in [-0.25, -0.2) is 0 Å². The summed E-state index contributed by atoms with van der Waals surface area (Å²) in [7, 11) is 0. The van der Waals surface area contributed by atoms with Crippen molar-refractivity contribution in [3.63, 3.8) is 0 Å². The van der Waals surface area contributed by atoms with Crippen LogP contribution < -0.4 is 5.73 Å². The van der Waals surface area contributed by atoms with E-state index in [0.29, 0.717) is 32.8 Å². The van der Waals surface area contributed by atoms with Crippen LogP contribution in [0.4, 0.5) is 0 Å². The first kappa shape index (κ1) is 13.4. The van der Waals surface area contributed by atoms with Crippen molar-refractivity contribution >= 4 is 5.97 Å². The van der Waals surface area contributed by atoms with Gasteiger partial charge in [0.15, 0.2) is 5.79 Å². The first-order valence-corrected chi connectivity index (χ1v) is 5.78. The van der Waals surface area contributed by atoms with Crippen LogP contribution in [0.2, 0.25) is 0 Å². The normalized spacial score (nSPS) is 20.7. The van der Waals surface area contributed by atoms with Crippen LogP contribution in [0.5, 0.6) is 0 Å². The van der Waals surface area contributed by atoms with Crippen molar-refractivity contribution in [2.45, 2.75) is 32.5 Å². The number of carbonyl (C=O) groups excluding carboxylic acids is 1. The first-order valence-electron chi connectivity index (χ1n) is 5.78. The Balaban J connectivity index is 2.65. The van der Waals surface area contributed by atoms with Crippen LogP contribution in [-0.2, 0) is 19.0 Å². The van der Waals surface area contributed by atoms with Crippen LogP contribution in [0, 0.1) is 5.92 Å². The molecule has 0 spiro atoms. The summed E-state index contributed by atoms with van der Waals surface area (Å²) in [6, 6.07) is 0. The third-order valence-electron chi connectivity index (χ3n) is 2.76. The van der Waals surface area contributed by atoms with Gasteiger partial charge in [0.2, 0.25) is 0 Å². The summed E-state index contributed by atoms with van der Waals surface area (Å²) in [6.45, 7) is 5.54. The molecular formula is C11H21NO4. The predicted octanol–water partition coefficient (Wildman–Crippen LogP) is 0.668. The molecule has 5 heteroatoms. The quantitative estimate of drug-likeness (QED) is 0.680. The van der Waals surface area contributed by atoms with E-state index >= 15 is 0 Å². The summed E-state index contributed by atoms with van der Waals surface area (Å²) in [6.07, 6.45) is 1.39. The Bertz CT molecular complexity index is 226. The fraction of sp³-hybridized carbons (Fsp3) is 0.909. The average Bonchev–Trinajstić information content (AvgIpc) is 2.67.